The SMILES string of the molecule is [O]P(=O)(O)O[C@H]1O[C@H](COP(=O)(O)O)[C@@H](O)[C@H]1O. The molecule has 0 amide bonds. The molecule has 0 aromatic carbocycles. The van der Waals surface area contributed by atoms with Crippen LogP contribution >= 0.6 is 15.6 Å². The molecule has 1 aliphatic heterocycles. The van der Waals surface area contributed by atoms with Crippen molar-refractivity contribution in [1.82, 2.24) is 0 Å². The van der Waals surface area contributed by atoms with E-state index < -0.39 is 46.9 Å². The number of aliphatic hydroxyl groups excluding tert-OH is 2. The van der Waals surface area contributed by atoms with Crippen molar-refractivity contribution in [2.75, 3.05) is 6.61 Å². The Kier molecular flexibility index (Phi) is 5.04. The van der Waals surface area contributed by atoms with Crippen LogP contribution in [0.15, 0.2) is 0 Å². The van der Waals surface area contributed by atoms with Crippen LogP contribution in [-0.2, 0) is 27.8 Å². The standard InChI is InChI=1S/C5H11O11P2/c6-3-2(1-14-17(8,9)10)15-5(4(3)7)16-18(11,12)13/h2-7H,1H2,(H,11,12)(H2,8,9,10)/t2-,3-,4-,5-/m1/s1. The highest BCUT2D eigenvalue weighted by molar-refractivity contribution is 7.46. The molecule has 1 heterocycles. The lowest BCUT2D eigenvalue weighted by Crippen LogP contribution is -2.34. The van der Waals surface area contributed by atoms with Gasteiger partial charge in [-0.2, -0.15) is 0 Å². The molecule has 5 N–H and O–H groups in total. The first kappa shape index (κ1) is 16.2. The monoisotopic (exact) mass is 309 g/mol. The van der Waals surface area contributed by atoms with E-state index >= 15 is 0 Å². The van der Waals surface area contributed by atoms with Gasteiger partial charge in [0.2, 0.25) is 0 Å². The Morgan fingerprint density at radius 1 is 1.11 bits per heavy atom. The van der Waals surface area contributed by atoms with Gasteiger partial charge in [-0.15, -0.1) is 4.89 Å². The first-order valence-electron chi connectivity index (χ1n) is 4.43. The van der Waals surface area contributed by atoms with Crippen LogP contribution in [0.3, 0.4) is 0 Å². The maximum Gasteiger partial charge on any atom is 0.502 e. The third-order valence-corrected chi connectivity index (χ3v) is 2.92. The van der Waals surface area contributed by atoms with Gasteiger partial charge in [-0.1, -0.05) is 0 Å². The van der Waals surface area contributed by atoms with Gasteiger partial charge in [-0.25, -0.2) is 9.13 Å². The normalized spacial score (nSPS) is 33.9. The van der Waals surface area contributed by atoms with Gasteiger partial charge in [0.25, 0.3) is 0 Å². The van der Waals surface area contributed by atoms with E-state index in [2.05, 4.69) is 13.8 Å². The maximum atomic E-state index is 10.4. The highest BCUT2D eigenvalue weighted by Gasteiger charge is 2.47. The number of ether oxygens (including phenoxy) is 1. The summed E-state index contributed by atoms with van der Waals surface area (Å²) in [5.74, 6) is 0. The van der Waals surface area contributed by atoms with Gasteiger partial charge in [0.15, 0.2) is 6.29 Å². The van der Waals surface area contributed by atoms with E-state index in [0.717, 1.165) is 0 Å². The van der Waals surface area contributed by atoms with Crippen LogP contribution in [0.1, 0.15) is 0 Å². The highest BCUT2D eigenvalue weighted by Crippen LogP contribution is 2.43. The van der Waals surface area contributed by atoms with Gasteiger partial charge >= 0.3 is 15.6 Å². The Morgan fingerprint density at radius 3 is 2.11 bits per heavy atom. The molecular formula is C5H11O11P2. The molecule has 0 aromatic heterocycles. The van der Waals surface area contributed by atoms with Crippen molar-refractivity contribution in [2.45, 2.75) is 24.6 Å². The fourth-order valence-corrected chi connectivity index (χ4v) is 2.02. The van der Waals surface area contributed by atoms with E-state index in [-0.39, 0.29) is 0 Å². The minimum absolute atomic E-state index is 0.809. The van der Waals surface area contributed by atoms with E-state index in [1.54, 1.807) is 0 Å². The van der Waals surface area contributed by atoms with Gasteiger partial charge in [-0.3, -0.25) is 9.05 Å². The lowest BCUT2D eigenvalue weighted by molar-refractivity contribution is -0.127. The summed E-state index contributed by atoms with van der Waals surface area (Å²) in [4.78, 5) is 35.6. The van der Waals surface area contributed by atoms with Crippen LogP contribution in [0.4, 0.5) is 0 Å². The van der Waals surface area contributed by atoms with Gasteiger partial charge < -0.3 is 29.6 Å². The maximum absolute atomic E-state index is 10.4. The van der Waals surface area contributed by atoms with E-state index in [1.807, 2.05) is 0 Å². The average molecular weight is 309 g/mol. The third-order valence-electron chi connectivity index (χ3n) is 1.96. The summed E-state index contributed by atoms with van der Waals surface area (Å²) < 4.78 is 33.4. The molecule has 107 valence electrons. The zero-order chi connectivity index (χ0) is 14.1. The summed E-state index contributed by atoms with van der Waals surface area (Å²) >= 11 is 0. The second kappa shape index (κ2) is 5.61. The van der Waals surface area contributed by atoms with Gasteiger partial charge in [-0.05, 0) is 0 Å². The van der Waals surface area contributed by atoms with Crippen LogP contribution in [0.5, 0.6) is 0 Å². The second-order valence-electron chi connectivity index (χ2n) is 3.38. The minimum Gasteiger partial charge on any atom is -0.387 e. The van der Waals surface area contributed by atoms with Gasteiger partial charge in [0.05, 0.1) is 6.61 Å². The van der Waals surface area contributed by atoms with E-state index in [1.165, 1.54) is 0 Å². The molecule has 1 fully saturated rings. The molecule has 0 saturated carbocycles. The zero-order valence-corrected chi connectivity index (χ0v) is 10.4. The Labute approximate surface area is 100 Å². The Balaban J connectivity index is 2.59. The number of hydrogen-bond donors (Lipinski definition) is 5. The topological polar surface area (TPSA) is 183 Å². The Bertz CT molecular complexity index is 372. The van der Waals surface area contributed by atoms with Crippen molar-refractivity contribution in [1.29, 1.82) is 0 Å². The summed E-state index contributed by atoms with van der Waals surface area (Å²) in [6.45, 7) is -0.809. The van der Waals surface area contributed by atoms with Gasteiger partial charge in [0, 0.05) is 0 Å². The summed E-state index contributed by atoms with van der Waals surface area (Å²) in [6, 6.07) is 0. The van der Waals surface area contributed by atoms with Crippen molar-refractivity contribution in [3.8, 4) is 0 Å². The van der Waals surface area contributed by atoms with Crippen LogP contribution in [-0.4, -0.2) is 56.1 Å². The third kappa shape index (κ3) is 5.00. The molecule has 1 rings (SSSR count). The lowest BCUT2D eigenvalue weighted by Gasteiger charge is -2.14. The van der Waals surface area contributed by atoms with Crippen LogP contribution in [0, 0.1) is 0 Å². The molecule has 1 unspecified atom stereocenters. The number of aliphatic hydroxyl groups is 2. The predicted molar refractivity (Wildman–Crippen MR) is 50.3 cm³/mol. The second-order valence-corrected chi connectivity index (χ2v) is 5.77. The number of rotatable bonds is 5. The quantitative estimate of drug-likeness (QED) is 0.359. The fraction of sp³-hybridized carbons (Fsp3) is 1.00. The first-order chi connectivity index (χ1) is 7.99. The van der Waals surface area contributed by atoms with Crippen LogP contribution in [0.2, 0.25) is 0 Å². The van der Waals surface area contributed by atoms with Crippen LogP contribution < -0.4 is 0 Å². The zero-order valence-electron chi connectivity index (χ0n) is 8.60. The summed E-state index contributed by atoms with van der Waals surface area (Å²) in [5, 5.41) is 18.7. The lowest BCUT2D eigenvalue weighted by atomic mass is 10.1. The molecule has 5 atom stereocenters. The van der Waals surface area contributed by atoms with Crippen molar-refractivity contribution >= 4 is 15.6 Å². The number of phosphoric acid groups is 1. The summed E-state index contributed by atoms with van der Waals surface area (Å²) in [5.41, 5.74) is 0. The van der Waals surface area contributed by atoms with Crippen molar-refractivity contribution in [3.05, 3.63) is 0 Å². The van der Waals surface area contributed by atoms with E-state index in [9.17, 15) is 24.2 Å². The molecule has 13 heteroatoms. The molecule has 1 aliphatic rings. The molecule has 1 radical (unpaired) electrons. The largest absolute Gasteiger partial charge is 0.502 e. The van der Waals surface area contributed by atoms with E-state index in [4.69, 9.17) is 14.7 Å². The van der Waals surface area contributed by atoms with Crippen molar-refractivity contribution < 1.29 is 52.7 Å². The molecule has 0 aromatic rings. The van der Waals surface area contributed by atoms with Crippen molar-refractivity contribution in [3.63, 3.8) is 0 Å². The molecule has 1 saturated heterocycles. The van der Waals surface area contributed by atoms with Crippen molar-refractivity contribution in [2.24, 2.45) is 0 Å². The fourth-order valence-electron chi connectivity index (χ4n) is 1.24. The molecule has 0 aliphatic carbocycles. The minimum atomic E-state index is -5.20. The first-order valence-corrected chi connectivity index (χ1v) is 7.46. The predicted octanol–water partition coefficient (Wildman–Crippen LogP) is -1.91. The molecule has 0 bridgehead atoms. The van der Waals surface area contributed by atoms with Gasteiger partial charge in [0.1, 0.15) is 18.3 Å². The Hall–Kier alpha value is 0.1000. The highest BCUT2D eigenvalue weighted by atomic mass is 31.2. The summed E-state index contributed by atoms with van der Waals surface area (Å²) in [7, 11) is -10.0. The Morgan fingerprint density at radius 2 is 1.67 bits per heavy atom. The number of phosphoric ester groups is 1. The smallest absolute Gasteiger partial charge is 0.387 e. The summed E-state index contributed by atoms with van der Waals surface area (Å²) in [6.07, 6.45) is -6.85. The average Bonchev–Trinajstić information content (AvgIpc) is 2.40. The van der Waals surface area contributed by atoms with Crippen LogP contribution in [0.25, 0.3) is 0 Å². The molecular weight excluding hydrogens is 298 g/mol. The molecule has 11 nitrogen and oxygen atoms in total. The molecule has 0 spiro atoms. The van der Waals surface area contributed by atoms with E-state index in [0.29, 0.717) is 0 Å². The molecule has 18 heavy (non-hydrogen) atoms. The number of hydrogen-bond acceptors (Lipinski definition) is 7.